The number of hydrogen-bond donors (Lipinski definition) is 0. The average molecular weight is 488 g/mol. The molecule has 5 nitrogen and oxygen atoms in total. The van der Waals surface area contributed by atoms with Crippen LogP contribution in [-0.4, -0.2) is 37.4 Å². The van der Waals surface area contributed by atoms with E-state index < -0.39 is 20.9 Å². The lowest BCUT2D eigenvalue weighted by Crippen LogP contribution is -2.42. The molecule has 2 aromatic carbocycles. The van der Waals surface area contributed by atoms with Gasteiger partial charge in [-0.2, -0.15) is 0 Å². The molecule has 2 atom stereocenters. The number of nitrogens with zero attached hydrogens (tertiary/aromatic N) is 1. The number of hydrogen-bond acceptors (Lipinski definition) is 5. The molecule has 0 radical (unpaired) electrons. The lowest BCUT2D eigenvalue weighted by atomic mass is 9.96. The smallest absolute Gasteiger partial charge is 0.306 e. The molecule has 0 N–H and O–H groups in total. The molecule has 0 saturated carbocycles. The van der Waals surface area contributed by atoms with Crippen LogP contribution in [-0.2, 0) is 26.0 Å². The van der Waals surface area contributed by atoms with Crippen molar-refractivity contribution >= 4 is 27.8 Å². The highest BCUT2D eigenvalue weighted by Crippen LogP contribution is 2.41. The van der Waals surface area contributed by atoms with Crippen LogP contribution in [0.3, 0.4) is 0 Å². The van der Waals surface area contributed by atoms with Crippen LogP contribution in [0.1, 0.15) is 68.9 Å². The molecule has 7 heteroatoms. The molecular formula is C26H33NO4S2. The van der Waals surface area contributed by atoms with E-state index in [9.17, 15) is 13.2 Å². The van der Waals surface area contributed by atoms with Crippen molar-refractivity contribution in [3.05, 3.63) is 59.2 Å². The number of ether oxygens (including phenoxy) is 1. The van der Waals surface area contributed by atoms with E-state index in [-0.39, 0.29) is 18.3 Å². The molecule has 0 aliphatic carbocycles. The zero-order valence-electron chi connectivity index (χ0n) is 19.8. The zero-order chi connectivity index (χ0) is 23.8. The van der Waals surface area contributed by atoms with E-state index in [2.05, 4.69) is 30.3 Å². The van der Waals surface area contributed by atoms with Gasteiger partial charge in [0.15, 0.2) is 0 Å². The standard InChI is InChI=1S/C26H33NO4S2/c1-18(20-11-12-24-22(15-20)16-21-9-5-6-10-23(21)32-24)33(29,30)27-13-7-8-19(17-27)14-25(28)31-26(2,3)4/h5-6,9-12,15,18-19H,7-8,13-14,16-17H2,1-4H3/t18?,19-/m1/s1. The number of esters is 1. The normalized spacial score (nSPS) is 19.9. The van der Waals surface area contributed by atoms with Gasteiger partial charge in [0.05, 0.1) is 5.25 Å². The van der Waals surface area contributed by atoms with E-state index >= 15 is 0 Å². The summed E-state index contributed by atoms with van der Waals surface area (Å²) >= 11 is 1.74. The van der Waals surface area contributed by atoms with Crippen molar-refractivity contribution in [2.45, 2.75) is 74.0 Å². The molecule has 4 rings (SSSR count). The summed E-state index contributed by atoms with van der Waals surface area (Å²) in [6.07, 6.45) is 2.68. The molecule has 0 bridgehead atoms. The van der Waals surface area contributed by atoms with Crippen molar-refractivity contribution in [2.75, 3.05) is 13.1 Å². The monoisotopic (exact) mass is 487 g/mol. The Morgan fingerprint density at radius 2 is 1.88 bits per heavy atom. The lowest BCUT2D eigenvalue weighted by molar-refractivity contribution is -0.156. The Kier molecular flexibility index (Phi) is 6.95. The van der Waals surface area contributed by atoms with Crippen molar-refractivity contribution in [1.29, 1.82) is 0 Å². The number of fused-ring (bicyclic) bond motifs is 2. The van der Waals surface area contributed by atoms with Gasteiger partial charge in [0, 0.05) is 29.3 Å². The first-order chi connectivity index (χ1) is 15.5. The molecule has 0 amide bonds. The van der Waals surface area contributed by atoms with Crippen LogP contribution in [0.2, 0.25) is 0 Å². The minimum atomic E-state index is -3.53. The summed E-state index contributed by atoms with van der Waals surface area (Å²) in [6, 6.07) is 14.4. The Hall–Kier alpha value is -1.83. The molecule has 1 saturated heterocycles. The molecule has 2 aliphatic rings. The van der Waals surface area contributed by atoms with Gasteiger partial charge in [-0.3, -0.25) is 4.79 Å². The topological polar surface area (TPSA) is 63.7 Å². The highest BCUT2D eigenvalue weighted by Gasteiger charge is 2.35. The fraction of sp³-hybridized carbons (Fsp3) is 0.500. The summed E-state index contributed by atoms with van der Waals surface area (Å²) in [5.41, 5.74) is 2.75. The molecule has 2 aromatic rings. The molecule has 0 aromatic heterocycles. The van der Waals surface area contributed by atoms with Crippen molar-refractivity contribution in [1.82, 2.24) is 4.31 Å². The van der Waals surface area contributed by atoms with Crippen LogP contribution in [0.15, 0.2) is 52.3 Å². The van der Waals surface area contributed by atoms with Gasteiger partial charge in [-0.25, -0.2) is 12.7 Å². The number of rotatable bonds is 5. The molecule has 1 unspecified atom stereocenters. The maximum Gasteiger partial charge on any atom is 0.306 e. The molecule has 178 valence electrons. The molecule has 2 aliphatic heterocycles. The predicted octanol–water partition coefficient (Wildman–Crippen LogP) is 5.58. The highest BCUT2D eigenvalue weighted by molar-refractivity contribution is 7.99. The molecule has 2 heterocycles. The first-order valence-corrected chi connectivity index (χ1v) is 13.9. The van der Waals surface area contributed by atoms with Gasteiger partial charge in [-0.1, -0.05) is 42.1 Å². The number of sulfonamides is 1. The molecule has 33 heavy (non-hydrogen) atoms. The minimum absolute atomic E-state index is 0.00740. The van der Waals surface area contributed by atoms with E-state index in [0.29, 0.717) is 13.1 Å². The van der Waals surface area contributed by atoms with Gasteiger partial charge in [0.2, 0.25) is 10.0 Å². The van der Waals surface area contributed by atoms with E-state index in [4.69, 9.17) is 4.74 Å². The summed E-state index contributed by atoms with van der Waals surface area (Å²) in [5.74, 6) is -0.265. The summed E-state index contributed by atoms with van der Waals surface area (Å²) in [7, 11) is -3.53. The predicted molar refractivity (Wildman–Crippen MR) is 132 cm³/mol. The van der Waals surface area contributed by atoms with Gasteiger partial charge in [-0.05, 0) is 81.7 Å². The second-order valence-electron chi connectivity index (χ2n) is 10.1. The van der Waals surface area contributed by atoms with Crippen molar-refractivity contribution in [3.63, 3.8) is 0 Å². The molecule has 0 spiro atoms. The zero-order valence-corrected chi connectivity index (χ0v) is 21.5. The Labute approximate surface area is 202 Å². The maximum absolute atomic E-state index is 13.5. The van der Waals surface area contributed by atoms with Crippen LogP contribution in [0.4, 0.5) is 0 Å². The summed E-state index contributed by atoms with van der Waals surface area (Å²) in [5, 5.41) is -0.634. The van der Waals surface area contributed by atoms with Crippen LogP contribution < -0.4 is 0 Å². The Morgan fingerprint density at radius 1 is 1.15 bits per heavy atom. The fourth-order valence-electron chi connectivity index (χ4n) is 4.60. The van der Waals surface area contributed by atoms with Crippen LogP contribution in [0.5, 0.6) is 0 Å². The first-order valence-electron chi connectivity index (χ1n) is 11.6. The van der Waals surface area contributed by atoms with Crippen molar-refractivity contribution in [2.24, 2.45) is 5.92 Å². The number of benzene rings is 2. The summed E-state index contributed by atoms with van der Waals surface area (Å²) in [4.78, 5) is 14.7. The third-order valence-electron chi connectivity index (χ3n) is 6.29. The Balaban J connectivity index is 1.47. The van der Waals surface area contributed by atoms with Gasteiger partial charge in [0.1, 0.15) is 5.60 Å². The quantitative estimate of drug-likeness (QED) is 0.440. The van der Waals surface area contributed by atoms with E-state index in [0.717, 1.165) is 24.8 Å². The third kappa shape index (κ3) is 5.64. The van der Waals surface area contributed by atoms with Crippen molar-refractivity contribution < 1.29 is 17.9 Å². The van der Waals surface area contributed by atoms with Crippen LogP contribution in [0.25, 0.3) is 0 Å². The van der Waals surface area contributed by atoms with E-state index in [1.165, 1.54) is 20.9 Å². The molecule has 1 fully saturated rings. The number of carbonyl (C=O) groups excluding carboxylic acids is 1. The van der Waals surface area contributed by atoms with Gasteiger partial charge in [0.25, 0.3) is 0 Å². The summed E-state index contributed by atoms with van der Waals surface area (Å²) < 4.78 is 34.1. The van der Waals surface area contributed by atoms with Gasteiger partial charge >= 0.3 is 5.97 Å². The van der Waals surface area contributed by atoms with Crippen LogP contribution >= 0.6 is 11.8 Å². The van der Waals surface area contributed by atoms with Gasteiger partial charge < -0.3 is 4.74 Å². The summed E-state index contributed by atoms with van der Waals surface area (Å²) in [6.45, 7) is 8.20. The molecular weight excluding hydrogens is 454 g/mol. The Bertz CT molecular complexity index is 1140. The number of carbonyl (C=O) groups is 1. The first kappa shape index (κ1) is 24.3. The maximum atomic E-state index is 13.5. The highest BCUT2D eigenvalue weighted by atomic mass is 32.2. The second-order valence-corrected chi connectivity index (χ2v) is 13.4. The average Bonchev–Trinajstić information content (AvgIpc) is 2.75. The fourth-order valence-corrected chi connectivity index (χ4v) is 7.40. The Morgan fingerprint density at radius 3 is 2.64 bits per heavy atom. The minimum Gasteiger partial charge on any atom is -0.460 e. The third-order valence-corrected chi connectivity index (χ3v) is 9.74. The van der Waals surface area contributed by atoms with Crippen LogP contribution in [0, 0.1) is 5.92 Å². The van der Waals surface area contributed by atoms with Gasteiger partial charge in [-0.15, -0.1) is 0 Å². The number of piperidine rings is 1. The van der Waals surface area contributed by atoms with E-state index in [1.54, 1.807) is 23.0 Å². The van der Waals surface area contributed by atoms with E-state index in [1.807, 2.05) is 32.9 Å². The second kappa shape index (κ2) is 9.43. The van der Waals surface area contributed by atoms with Crippen molar-refractivity contribution in [3.8, 4) is 0 Å². The largest absolute Gasteiger partial charge is 0.460 e. The SMILES string of the molecule is CC(c1ccc2c(c1)Cc1ccccc1S2)S(=O)(=O)N1CCC[C@H](CC(=O)OC(C)(C)C)C1. The lowest BCUT2D eigenvalue weighted by Gasteiger charge is -2.34.